The largest absolute Gasteiger partial charge is 0.394 e. The zero-order valence-corrected chi connectivity index (χ0v) is 15.0. The topological polar surface area (TPSA) is 74.6 Å². The van der Waals surface area contributed by atoms with E-state index in [4.69, 9.17) is 17.5 Å². The summed E-state index contributed by atoms with van der Waals surface area (Å²) >= 11 is 0. The Balaban J connectivity index is -0.0000000267. The van der Waals surface area contributed by atoms with Gasteiger partial charge in [0.1, 0.15) is 0 Å². The van der Waals surface area contributed by atoms with Crippen molar-refractivity contribution in [3.63, 3.8) is 0 Å². The summed E-state index contributed by atoms with van der Waals surface area (Å²) in [6.07, 6.45) is 0. The summed E-state index contributed by atoms with van der Waals surface area (Å²) in [4.78, 5) is 0. The third-order valence-corrected chi connectivity index (χ3v) is 0. The Hall–Kier alpha value is 2.04. The van der Waals surface area contributed by atoms with Gasteiger partial charge in [-0.15, -0.1) is 0 Å². The van der Waals surface area contributed by atoms with Crippen LogP contribution in [0.15, 0.2) is 0 Å². The van der Waals surface area contributed by atoms with Gasteiger partial charge in [-0.05, 0) is 0 Å². The average Bonchev–Trinajstić information content (AvgIpc) is 0.722. The van der Waals surface area contributed by atoms with Crippen molar-refractivity contribution in [3.05, 3.63) is 0 Å². The molecule has 0 aliphatic carbocycles. The quantitative estimate of drug-likeness (QED) is 0.453. The van der Waals surface area contributed by atoms with Gasteiger partial charge in [-0.3, -0.25) is 9.11 Å². The molecule has 38 valence electrons. The van der Waals surface area contributed by atoms with Gasteiger partial charge in [0.15, 0.2) is 0 Å². The molecule has 0 rings (SSSR count). The fourth-order valence-corrected chi connectivity index (χ4v) is 0. The monoisotopic (exact) mass is 340 g/mol. The molecular weight excluding hydrogens is 339 g/mol. The van der Waals surface area contributed by atoms with E-state index in [1.165, 1.54) is 0 Å². The summed E-state index contributed by atoms with van der Waals surface area (Å²) in [6.45, 7) is 0. The molecule has 8 heavy (non-hydrogen) atoms. The van der Waals surface area contributed by atoms with E-state index in [0.717, 1.165) is 0 Å². The maximum absolute atomic E-state index is 8.74. The smallest absolute Gasteiger partial charge is 0.264 e. The molecule has 8 heteroatoms. The van der Waals surface area contributed by atoms with Gasteiger partial charge in [-0.2, -0.15) is 8.42 Å². The second-order valence-corrected chi connectivity index (χ2v) is 1.34. The van der Waals surface area contributed by atoms with Crippen LogP contribution >= 0.6 is 0 Å². The first-order valence-electron chi connectivity index (χ1n) is 0.698. The summed E-state index contributed by atoms with van der Waals surface area (Å²) in [7, 11) is -4.67. The maximum atomic E-state index is 8.74. The van der Waals surface area contributed by atoms with Crippen molar-refractivity contribution < 1.29 is 83.8 Å². The summed E-state index contributed by atoms with van der Waals surface area (Å²) < 4.78 is 31.6. The summed E-state index contributed by atoms with van der Waals surface area (Å²) in [5.74, 6) is 0. The number of hydrogen-bond donors (Lipinski definition) is 2. The first kappa shape index (κ1) is 22.5. The molecule has 0 unspecified atom stereocenters. The van der Waals surface area contributed by atoms with Crippen LogP contribution in [0.2, 0.25) is 0 Å². The molecule has 0 spiro atoms. The molecule has 0 radical (unpaired) electrons. The summed E-state index contributed by atoms with van der Waals surface area (Å²) in [5, 5.41) is 0. The summed E-state index contributed by atoms with van der Waals surface area (Å²) in [5.41, 5.74) is 0. The first-order valence-corrected chi connectivity index (χ1v) is 2.10. The number of hydrogen-bond acceptors (Lipinski definition) is 2. The Kier molecular flexibility index (Phi) is 25.4. The number of rotatable bonds is 0. The average molecular weight is 341 g/mol. The summed E-state index contributed by atoms with van der Waals surface area (Å²) in [6, 6.07) is 0. The van der Waals surface area contributed by atoms with Crippen LogP contribution in [-0.2, 0) is 76.7 Å². The van der Waals surface area contributed by atoms with Crippen LogP contribution in [0.5, 0.6) is 0 Å². The van der Waals surface area contributed by atoms with Crippen molar-refractivity contribution in [2.75, 3.05) is 0 Å². The minimum absolute atomic E-state index is 0. The van der Waals surface area contributed by atoms with E-state index in [2.05, 4.69) is 0 Å². The molecule has 0 heterocycles. The molecule has 0 amide bonds. The molecule has 0 aromatic carbocycles. The molecule has 0 fully saturated rings. The van der Waals surface area contributed by atoms with Gasteiger partial charge in [0.2, 0.25) is 0 Å². The second-order valence-electron chi connectivity index (χ2n) is 0.448. The molecule has 0 aromatic rings. The van der Waals surface area contributed by atoms with E-state index >= 15 is 0 Å². The minimum atomic E-state index is -4.67. The maximum Gasteiger partial charge on any atom is 0.394 e. The van der Waals surface area contributed by atoms with Gasteiger partial charge in [-0.1, -0.05) is 0 Å². The van der Waals surface area contributed by atoms with Crippen molar-refractivity contribution in [2.45, 2.75) is 0 Å². The van der Waals surface area contributed by atoms with Crippen LogP contribution in [0.1, 0.15) is 0 Å². The van der Waals surface area contributed by atoms with Gasteiger partial charge in [0.05, 0.1) is 0 Å². The Labute approximate surface area is 93.1 Å². The van der Waals surface area contributed by atoms with E-state index < -0.39 is 10.4 Å². The van der Waals surface area contributed by atoms with Crippen LogP contribution < -0.4 is 0 Å². The van der Waals surface area contributed by atoms with E-state index in [-0.39, 0.29) is 66.3 Å². The molecule has 0 aliphatic heterocycles. The van der Waals surface area contributed by atoms with Gasteiger partial charge >= 0.3 is 10.4 Å². The Bertz CT molecular complexity index is 97.2. The van der Waals surface area contributed by atoms with Crippen molar-refractivity contribution in [1.29, 1.82) is 0 Å². The fourth-order valence-electron chi connectivity index (χ4n) is 0. The third-order valence-electron chi connectivity index (χ3n) is 0. The molecule has 0 saturated heterocycles. The van der Waals surface area contributed by atoms with E-state index in [0.29, 0.717) is 0 Å². The zero-order chi connectivity index (χ0) is 4.50. The molecule has 0 atom stereocenters. The predicted molar refractivity (Wildman–Crippen MR) is 14.2 cm³/mol. The van der Waals surface area contributed by atoms with Crippen molar-refractivity contribution in [3.8, 4) is 0 Å². The standard InChI is InChI=1S/Cd.H2O4S.2Zn/c;1-5(2,3)4;;/h;(H2,1,2,3,4);;. The predicted octanol–water partition coefficient (Wildman–Crippen LogP) is -0.660. The Morgan fingerprint density at radius 2 is 1.00 bits per heavy atom. The molecule has 0 aliphatic rings. The Morgan fingerprint density at radius 1 is 1.00 bits per heavy atom. The van der Waals surface area contributed by atoms with E-state index in [1.54, 1.807) is 0 Å². The van der Waals surface area contributed by atoms with Gasteiger partial charge in [-0.25, -0.2) is 0 Å². The van der Waals surface area contributed by atoms with Crippen LogP contribution in [0, 0.1) is 0 Å². The van der Waals surface area contributed by atoms with Gasteiger partial charge < -0.3 is 0 Å². The molecule has 4 nitrogen and oxygen atoms in total. The van der Waals surface area contributed by atoms with Gasteiger partial charge in [0, 0.05) is 66.3 Å². The normalized spacial score (nSPS) is 7.25. The van der Waals surface area contributed by atoms with E-state index in [9.17, 15) is 0 Å². The molecule has 2 N–H and O–H groups in total. The van der Waals surface area contributed by atoms with Crippen molar-refractivity contribution >= 4 is 10.4 Å². The minimum Gasteiger partial charge on any atom is -0.264 e. The Morgan fingerprint density at radius 3 is 1.00 bits per heavy atom. The third kappa shape index (κ3) is 95.8. The molecular formula is H2CdO4SZn2. The van der Waals surface area contributed by atoms with Crippen LogP contribution in [0.4, 0.5) is 0 Å². The molecule has 0 bridgehead atoms. The van der Waals surface area contributed by atoms with Crippen LogP contribution in [0.3, 0.4) is 0 Å². The fraction of sp³-hybridized carbons (Fsp3) is 0. The van der Waals surface area contributed by atoms with Crippen molar-refractivity contribution in [1.82, 2.24) is 0 Å². The van der Waals surface area contributed by atoms with Crippen LogP contribution in [-0.4, -0.2) is 17.5 Å². The van der Waals surface area contributed by atoms with Crippen molar-refractivity contribution in [2.24, 2.45) is 0 Å². The SMILES string of the molecule is O=S(=O)(O)O.[Cd].[Zn].[Zn]. The molecule has 0 saturated carbocycles. The van der Waals surface area contributed by atoms with E-state index in [1.807, 2.05) is 0 Å². The zero-order valence-electron chi connectivity index (χ0n) is 4.24. The van der Waals surface area contributed by atoms with Gasteiger partial charge in [0.25, 0.3) is 0 Å². The second kappa shape index (κ2) is 9.04. The molecule has 0 aromatic heterocycles. The first-order chi connectivity index (χ1) is 2.00. The van der Waals surface area contributed by atoms with Crippen LogP contribution in [0.25, 0.3) is 0 Å².